The van der Waals surface area contributed by atoms with Crippen LogP contribution in [0.15, 0.2) is 10.9 Å². The highest BCUT2D eigenvalue weighted by atomic mass is 16.1. The van der Waals surface area contributed by atoms with Crippen molar-refractivity contribution in [2.75, 3.05) is 0 Å². The summed E-state index contributed by atoms with van der Waals surface area (Å²) in [4.78, 5) is 27.1. The quantitative estimate of drug-likeness (QED) is 0.552. The number of primary amides is 1. The van der Waals surface area contributed by atoms with Crippen LogP contribution >= 0.6 is 0 Å². The molecule has 0 fully saturated rings. The van der Waals surface area contributed by atoms with E-state index in [2.05, 4.69) is 9.97 Å². The number of rotatable bonds is 1. The maximum atomic E-state index is 10.7. The van der Waals surface area contributed by atoms with Gasteiger partial charge in [0.1, 0.15) is 0 Å². The second-order valence-electron chi connectivity index (χ2n) is 2.10. The summed E-state index contributed by atoms with van der Waals surface area (Å²) in [6.07, 6.45) is 0. The van der Waals surface area contributed by atoms with Crippen molar-refractivity contribution in [3.63, 3.8) is 0 Å². The minimum Gasteiger partial charge on any atom is -0.363 e. The number of carbonyl (C=O) groups excluding carboxylic acids is 1. The maximum Gasteiger partial charge on any atom is 0.284 e. The predicted molar refractivity (Wildman–Crippen MR) is 38.1 cm³/mol. The van der Waals surface area contributed by atoms with Crippen molar-refractivity contribution in [1.29, 1.82) is 0 Å². The molecule has 0 atom stereocenters. The van der Waals surface area contributed by atoms with Crippen LogP contribution in [0.4, 0.5) is 0 Å². The van der Waals surface area contributed by atoms with Crippen LogP contribution < -0.4 is 11.3 Å². The molecule has 0 saturated heterocycles. The molecule has 5 nitrogen and oxygen atoms in total. The number of aromatic amines is 1. The molecule has 5 heteroatoms. The normalized spacial score (nSPS) is 9.55. The number of carbonyl (C=O) groups is 1. The molecule has 0 aliphatic rings. The fraction of sp³-hybridized carbons (Fsp3) is 0.167. The van der Waals surface area contributed by atoms with Crippen molar-refractivity contribution in [1.82, 2.24) is 9.97 Å². The second-order valence-corrected chi connectivity index (χ2v) is 2.10. The van der Waals surface area contributed by atoms with Gasteiger partial charge in [-0.15, -0.1) is 0 Å². The van der Waals surface area contributed by atoms with Crippen molar-refractivity contribution in [3.8, 4) is 0 Å². The minimum absolute atomic E-state index is 0.102. The Hall–Kier alpha value is -1.65. The molecule has 3 N–H and O–H groups in total. The molecule has 0 aromatic carbocycles. The Morgan fingerprint density at radius 1 is 1.73 bits per heavy atom. The lowest BCUT2D eigenvalue weighted by molar-refractivity contribution is 0.0990. The van der Waals surface area contributed by atoms with E-state index in [0.29, 0.717) is 5.69 Å². The van der Waals surface area contributed by atoms with Gasteiger partial charge in [-0.2, -0.15) is 0 Å². The molecule has 1 aromatic heterocycles. The summed E-state index contributed by atoms with van der Waals surface area (Å²) in [5.41, 5.74) is 4.99. The lowest BCUT2D eigenvalue weighted by Crippen LogP contribution is -2.21. The fourth-order valence-electron chi connectivity index (χ4n) is 0.696. The molecule has 0 radical (unpaired) electrons. The van der Waals surface area contributed by atoms with Gasteiger partial charge in [-0.1, -0.05) is 0 Å². The van der Waals surface area contributed by atoms with Crippen molar-refractivity contribution in [3.05, 3.63) is 27.9 Å². The number of nitrogens with one attached hydrogen (secondary N) is 1. The molecule has 0 unspecified atom stereocenters. The molecule has 11 heavy (non-hydrogen) atoms. The number of aryl methyl sites for hydroxylation is 1. The Balaban J connectivity index is 3.30. The fourth-order valence-corrected chi connectivity index (χ4v) is 0.696. The lowest BCUT2D eigenvalue weighted by Gasteiger charge is -1.94. The standard InChI is InChI=1S/C6H7N3O2/c1-3-2-4(10)9-6(8-3)5(7)11/h2H,1H3,(H2,7,11)(H,8,9,10). The van der Waals surface area contributed by atoms with Crippen molar-refractivity contribution in [2.45, 2.75) is 6.92 Å². The van der Waals surface area contributed by atoms with Crippen LogP contribution in [0.3, 0.4) is 0 Å². The first-order valence-electron chi connectivity index (χ1n) is 2.97. The average Bonchev–Trinajstić information content (AvgIpc) is 1.85. The van der Waals surface area contributed by atoms with Gasteiger partial charge in [0.05, 0.1) is 0 Å². The van der Waals surface area contributed by atoms with Crippen LogP contribution in [0.5, 0.6) is 0 Å². The molecule has 58 valence electrons. The van der Waals surface area contributed by atoms with Gasteiger partial charge >= 0.3 is 0 Å². The van der Waals surface area contributed by atoms with E-state index in [-0.39, 0.29) is 11.4 Å². The monoisotopic (exact) mass is 153 g/mol. The molecule has 1 amide bonds. The van der Waals surface area contributed by atoms with E-state index in [1.54, 1.807) is 6.92 Å². The molecule has 0 spiro atoms. The third-order valence-electron chi connectivity index (χ3n) is 1.10. The van der Waals surface area contributed by atoms with E-state index in [1.807, 2.05) is 0 Å². The largest absolute Gasteiger partial charge is 0.363 e. The zero-order valence-electron chi connectivity index (χ0n) is 5.92. The number of H-pyrrole nitrogens is 1. The molecule has 1 heterocycles. The Labute approximate surface area is 62.3 Å². The van der Waals surface area contributed by atoms with Crippen LogP contribution in [-0.2, 0) is 0 Å². The highest BCUT2D eigenvalue weighted by Gasteiger charge is 2.02. The van der Waals surface area contributed by atoms with Gasteiger partial charge in [0.15, 0.2) is 5.82 Å². The molecule has 0 aliphatic heterocycles. The molecular weight excluding hydrogens is 146 g/mol. The van der Waals surface area contributed by atoms with Crippen LogP contribution in [0.2, 0.25) is 0 Å². The molecule has 0 saturated carbocycles. The summed E-state index contributed by atoms with van der Waals surface area (Å²) in [6, 6.07) is 1.28. The Bertz CT molecular complexity index is 342. The number of aromatic nitrogens is 2. The Morgan fingerprint density at radius 3 is 2.82 bits per heavy atom. The van der Waals surface area contributed by atoms with Crippen LogP contribution in [0.1, 0.15) is 16.3 Å². The van der Waals surface area contributed by atoms with Crippen LogP contribution in [0, 0.1) is 6.92 Å². The van der Waals surface area contributed by atoms with Gasteiger partial charge in [0.2, 0.25) is 0 Å². The topological polar surface area (TPSA) is 88.8 Å². The summed E-state index contributed by atoms with van der Waals surface area (Å²) >= 11 is 0. The average molecular weight is 153 g/mol. The van der Waals surface area contributed by atoms with Crippen molar-refractivity contribution >= 4 is 5.91 Å². The number of hydrogen-bond acceptors (Lipinski definition) is 3. The van der Waals surface area contributed by atoms with Crippen molar-refractivity contribution < 1.29 is 4.79 Å². The van der Waals surface area contributed by atoms with E-state index in [1.165, 1.54) is 6.07 Å². The van der Waals surface area contributed by atoms with E-state index >= 15 is 0 Å². The number of nitrogens with two attached hydrogens (primary N) is 1. The number of amides is 1. The summed E-state index contributed by atoms with van der Waals surface area (Å²) in [7, 11) is 0. The van der Waals surface area contributed by atoms with Crippen LogP contribution in [0.25, 0.3) is 0 Å². The lowest BCUT2D eigenvalue weighted by atomic mass is 10.4. The van der Waals surface area contributed by atoms with Crippen LogP contribution in [-0.4, -0.2) is 15.9 Å². The van der Waals surface area contributed by atoms with Gasteiger partial charge < -0.3 is 10.7 Å². The SMILES string of the molecule is Cc1cc(=O)[nH]c(C(N)=O)n1. The van der Waals surface area contributed by atoms with Gasteiger partial charge in [0.25, 0.3) is 11.5 Å². The first-order valence-corrected chi connectivity index (χ1v) is 2.97. The molecule has 0 bridgehead atoms. The van der Waals surface area contributed by atoms with E-state index < -0.39 is 5.91 Å². The zero-order chi connectivity index (χ0) is 8.43. The van der Waals surface area contributed by atoms with E-state index in [9.17, 15) is 9.59 Å². The summed E-state index contributed by atoms with van der Waals surface area (Å²) in [6.45, 7) is 1.61. The summed E-state index contributed by atoms with van der Waals surface area (Å²) < 4.78 is 0. The van der Waals surface area contributed by atoms with Gasteiger partial charge in [0, 0.05) is 11.8 Å². The first kappa shape index (κ1) is 7.46. The molecular formula is C6H7N3O2. The number of hydrogen-bond donors (Lipinski definition) is 2. The molecule has 0 aliphatic carbocycles. The van der Waals surface area contributed by atoms with Gasteiger partial charge in [-0.3, -0.25) is 9.59 Å². The van der Waals surface area contributed by atoms with E-state index in [0.717, 1.165) is 0 Å². The smallest absolute Gasteiger partial charge is 0.284 e. The zero-order valence-corrected chi connectivity index (χ0v) is 5.92. The van der Waals surface area contributed by atoms with Gasteiger partial charge in [-0.05, 0) is 6.92 Å². The Kier molecular flexibility index (Phi) is 1.72. The minimum atomic E-state index is -0.731. The maximum absolute atomic E-state index is 10.7. The molecule has 1 rings (SSSR count). The highest BCUT2D eigenvalue weighted by molar-refractivity contribution is 5.88. The van der Waals surface area contributed by atoms with Crippen molar-refractivity contribution in [2.24, 2.45) is 5.73 Å². The first-order chi connectivity index (χ1) is 5.09. The van der Waals surface area contributed by atoms with E-state index in [4.69, 9.17) is 5.73 Å². The van der Waals surface area contributed by atoms with Gasteiger partial charge in [-0.25, -0.2) is 4.98 Å². The number of nitrogens with zero attached hydrogens (tertiary/aromatic N) is 1. The summed E-state index contributed by atoms with van der Waals surface area (Å²) in [5, 5.41) is 0. The highest BCUT2D eigenvalue weighted by Crippen LogP contribution is 1.86. The molecule has 1 aromatic rings. The third kappa shape index (κ3) is 1.64. The summed E-state index contributed by atoms with van der Waals surface area (Å²) in [5.74, 6) is -0.833. The second kappa shape index (κ2) is 2.53. The predicted octanol–water partition coefficient (Wildman–Crippen LogP) is -0.823. The Morgan fingerprint density at radius 2 is 2.36 bits per heavy atom. The third-order valence-corrected chi connectivity index (χ3v) is 1.10.